The second kappa shape index (κ2) is 8.56. The highest BCUT2D eigenvalue weighted by molar-refractivity contribution is 5.93. The molecule has 1 amide bonds. The van der Waals surface area contributed by atoms with Crippen molar-refractivity contribution in [1.82, 2.24) is 20.8 Å². The minimum atomic E-state index is -0.134. The first-order chi connectivity index (χ1) is 10.1. The lowest BCUT2D eigenvalue weighted by molar-refractivity contribution is 0.0945. The fourth-order valence-corrected chi connectivity index (χ4v) is 2.07. The molecule has 2 rings (SSSR count). The number of H-pyrrole nitrogens is 1. The summed E-state index contributed by atoms with van der Waals surface area (Å²) in [6.07, 6.45) is 0. The zero-order chi connectivity index (χ0) is 15.2. The smallest absolute Gasteiger partial charge is 0.269 e. The van der Waals surface area contributed by atoms with Gasteiger partial charge in [0.2, 0.25) is 0 Å². The lowest BCUT2D eigenvalue weighted by Gasteiger charge is -2.12. The molecule has 0 aliphatic heterocycles. The highest BCUT2D eigenvalue weighted by Gasteiger charge is 2.11. The molecule has 0 fully saturated rings. The normalized spacial score (nSPS) is 11.6. The van der Waals surface area contributed by atoms with Crippen molar-refractivity contribution in [2.75, 3.05) is 13.1 Å². The van der Waals surface area contributed by atoms with Gasteiger partial charge in [0.05, 0.1) is 5.69 Å². The summed E-state index contributed by atoms with van der Waals surface area (Å²) in [5.41, 5.74) is 3.45. The third kappa shape index (κ3) is 4.86. The maximum absolute atomic E-state index is 12.0. The number of likely N-dealkylation sites (N-methyl/N-ethyl adjacent to an activating group) is 1. The molecule has 3 N–H and O–H groups in total. The third-order valence-corrected chi connectivity index (χ3v) is 3.29. The highest BCUT2D eigenvalue weighted by Crippen LogP contribution is 2.18. The van der Waals surface area contributed by atoms with Crippen LogP contribution in [0.4, 0.5) is 0 Å². The molecule has 0 unspecified atom stereocenters. The quantitative estimate of drug-likeness (QED) is 0.765. The lowest BCUT2D eigenvalue weighted by Crippen LogP contribution is -2.38. The standard InChI is InChI=1S/C16H22N4O.ClH/c1-4-17-12(3)10-18-16(21)15-9-14(19-20-15)13-7-5-11(2)6-8-13;/h5-9,12,17H,4,10H2,1-3H3,(H,18,21)(H,19,20);1H/t12-;/m1./s1. The molecule has 1 heterocycles. The Morgan fingerprint density at radius 2 is 2.00 bits per heavy atom. The van der Waals surface area contributed by atoms with Gasteiger partial charge in [-0.25, -0.2) is 0 Å². The number of aryl methyl sites for hydroxylation is 1. The van der Waals surface area contributed by atoms with Crippen LogP contribution in [0.1, 0.15) is 29.9 Å². The van der Waals surface area contributed by atoms with Gasteiger partial charge in [-0.05, 0) is 26.5 Å². The van der Waals surface area contributed by atoms with Crippen LogP contribution in [0.3, 0.4) is 0 Å². The molecular weight excluding hydrogens is 300 g/mol. The topological polar surface area (TPSA) is 69.8 Å². The molecule has 0 aliphatic rings. The average Bonchev–Trinajstić information content (AvgIpc) is 2.96. The first kappa shape index (κ1) is 18.2. The molecule has 6 heteroatoms. The number of aromatic nitrogens is 2. The van der Waals surface area contributed by atoms with Crippen LogP contribution in [-0.4, -0.2) is 35.2 Å². The molecule has 0 saturated heterocycles. The fraction of sp³-hybridized carbons (Fsp3) is 0.375. The Hall–Kier alpha value is -1.85. The van der Waals surface area contributed by atoms with Gasteiger partial charge in [0.15, 0.2) is 0 Å². The van der Waals surface area contributed by atoms with Crippen molar-refractivity contribution in [1.29, 1.82) is 0 Å². The predicted octanol–water partition coefficient (Wildman–Crippen LogP) is 2.53. The molecule has 1 atom stereocenters. The lowest BCUT2D eigenvalue weighted by atomic mass is 10.1. The monoisotopic (exact) mass is 322 g/mol. The summed E-state index contributed by atoms with van der Waals surface area (Å²) in [5.74, 6) is -0.134. The zero-order valence-corrected chi connectivity index (χ0v) is 14.0. The third-order valence-electron chi connectivity index (χ3n) is 3.29. The summed E-state index contributed by atoms with van der Waals surface area (Å²) in [6, 6.07) is 10.1. The Labute approximate surface area is 137 Å². The number of rotatable bonds is 6. The minimum absolute atomic E-state index is 0. The molecule has 0 bridgehead atoms. The van der Waals surface area contributed by atoms with E-state index < -0.39 is 0 Å². The van der Waals surface area contributed by atoms with Gasteiger partial charge in [-0.15, -0.1) is 12.4 Å². The number of halogens is 1. The van der Waals surface area contributed by atoms with Gasteiger partial charge in [0.1, 0.15) is 5.69 Å². The molecule has 0 saturated carbocycles. The molecule has 0 aliphatic carbocycles. The summed E-state index contributed by atoms with van der Waals surface area (Å²) in [5, 5.41) is 13.1. The number of nitrogens with zero attached hydrogens (tertiary/aromatic N) is 1. The van der Waals surface area contributed by atoms with Crippen molar-refractivity contribution in [2.45, 2.75) is 26.8 Å². The van der Waals surface area contributed by atoms with Gasteiger partial charge in [0, 0.05) is 18.2 Å². The van der Waals surface area contributed by atoms with E-state index >= 15 is 0 Å². The number of carbonyl (C=O) groups excluding carboxylic acids is 1. The molecule has 1 aromatic heterocycles. The number of carbonyl (C=O) groups is 1. The Morgan fingerprint density at radius 3 is 2.64 bits per heavy atom. The van der Waals surface area contributed by atoms with Crippen molar-refractivity contribution in [2.24, 2.45) is 0 Å². The van der Waals surface area contributed by atoms with E-state index in [0.29, 0.717) is 12.2 Å². The molecule has 120 valence electrons. The molecule has 22 heavy (non-hydrogen) atoms. The van der Waals surface area contributed by atoms with E-state index in [2.05, 4.69) is 20.8 Å². The average molecular weight is 323 g/mol. The van der Waals surface area contributed by atoms with Crippen LogP contribution in [0, 0.1) is 6.92 Å². The molecule has 5 nitrogen and oxygen atoms in total. The van der Waals surface area contributed by atoms with Crippen LogP contribution in [-0.2, 0) is 0 Å². The van der Waals surface area contributed by atoms with Gasteiger partial charge in [0.25, 0.3) is 5.91 Å². The number of hydrogen-bond acceptors (Lipinski definition) is 3. The number of aromatic amines is 1. The number of hydrogen-bond donors (Lipinski definition) is 3. The van der Waals surface area contributed by atoms with Crippen LogP contribution in [0.15, 0.2) is 30.3 Å². The van der Waals surface area contributed by atoms with E-state index in [1.165, 1.54) is 5.56 Å². The maximum Gasteiger partial charge on any atom is 0.269 e. The van der Waals surface area contributed by atoms with Crippen LogP contribution < -0.4 is 10.6 Å². The van der Waals surface area contributed by atoms with E-state index in [9.17, 15) is 4.79 Å². The molecule has 0 radical (unpaired) electrons. The van der Waals surface area contributed by atoms with E-state index in [0.717, 1.165) is 17.8 Å². The van der Waals surface area contributed by atoms with Crippen molar-refractivity contribution in [3.8, 4) is 11.3 Å². The van der Waals surface area contributed by atoms with E-state index in [-0.39, 0.29) is 24.4 Å². The summed E-state index contributed by atoms with van der Waals surface area (Å²) in [4.78, 5) is 12.0. The van der Waals surface area contributed by atoms with Crippen LogP contribution in [0.5, 0.6) is 0 Å². The molecule has 0 spiro atoms. The first-order valence-electron chi connectivity index (χ1n) is 7.24. The number of benzene rings is 1. The van der Waals surface area contributed by atoms with Gasteiger partial charge >= 0.3 is 0 Å². The first-order valence-corrected chi connectivity index (χ1v) is 7.24. The van der Waals surface area contributed by atoms with Gasteiger partial charge in [-0.3, -0.25) is 9.89 Å². The summed E-state index contributed by atoms with van der Waals surface area (Å²) in [7, 11) is 0. The number of amides is 1. The minimum Gasteiger partial charge on any atom is -0.349 e. The molecule has 1 aromatic carbocycles. The van der Waals surface area contributed by atoms with Crippen LogP contribution in [0.2, 0.25) is 0 Å². The summed E-state index contributed by atoms with van der Waals surface area (Å²) in [6.45, 7) is 7.60. The van der Waals surface area contributed by atoms with E-state index in [1.54, 1.807) is 6.07 Å². The summed E-state index contributed by atoms with van der Waals surface area (Å²) >= 11 is 0. The van der Waals surface area contributed by atoms with Crippen molar-refractivity contribution in [3.05, 3.63) is 41.6 Å². The van der Waals surface area contributed by atoms with E-state index in [4.69, 9.17) is 0 Å². The predicted molar refractivity (Wildman–Crippen MR) is 91.5 cm³/mol. The van der Waals surface area contributed by atoms with Crippen molar-refractivity contribution < 1.29 is 4.79 Å². The SMILES string of the molecule is CCN[C@H](C)CNC(=O)c1cc(-c2ccc(C)cc2)n[nH]1.Cl. The maximum atomic E-state index is 12.0. The molecular formula is C16H23ClN4O. The zero-order valence-electron chi connectivity index (χ0n) is 13.1. The van der Waals surface area contributed by atoms with Crippen molar-refractivity contribution in [3.63, 3.8) is 0 Å². The summed E-state index contributed by atoms with van der Waals surface area (Å²) < 4.78 is 0. The second-order valence-electron chi connectivity index (χ2n) is 5.20. The van der Waals surface area contributed by atoms with Gasteiger partial charge in [-0.1, -0.05) is 36.8 Å². The largest absolute Gasteiger partial charge is 0.349 e. The Morgan fingerprint density at radius 1 is 1.32 bits per heavy atom. The second-order valence-corrected chi connectivity index (χ2v) is 5.20. The molecule has 2 aromatic rings. The van der Waals surface area contributed by atoms with Crippen LogP contribution in [0.25, 0.3) is 11.3 Å². The Kier molecular flexibility index (Phi) is 7.08. The Bertz CT molecular complexity index is 594. The number of nitrogens with one attached hydrogen (secondary N) is 3. The van der Waals surface area contributed by atoms with E-state index in [1.807, 2.05) is 45.0 Å². The van der Waals surface area contributed by atoms with Crippen molar-refractivity contribution >= 4 is 18.3 Å². The fourth-order valence-electron chi connectivity index (χ4n) is 2.07. The van der Waals surface area contributed by atoms with Crippen LogP contribution >= 0.6 is 12.4 Å². The Balaban J connectivity index is 0.00000242. The highest BCUT2D eigenvalue weighted by atomic mass is 35.5. The van der Waals surface area contributed by atoms with Gasteiger partial charge < -0.3 is 10.6 Å². The van der Waals surface area contributed by atoms with Gasteiger partial charge in [-0.2, -0.15) is 5.10 Å².